The largest absolute Gasteiger partial charge is 0.353 e. The standard InChI is InChI=1S/C15H14ClFN4/c1-9-10(2)19-20-15(13(9)7-18)21(3)8-11-4-5-12(17)6-14(11)16/h4-6H,8H2,1-3H3. The number of nitriles is 1. The molecule has 1 heterocycles. The predicted molar refractivity (Wildman–Crippen MR) is 79.7 cm³/mol. The molecule has 2 rings (SSSR count). The molecule has 0 radical (unpaired) electrons. The summed E-state index contributed by atoms with van der Waals surface area (Å²) in [5, 5.41) is 17.8. The summed E-state index contributed by atoms with van der Waals surface area (Å²) in [5.41, 5.74) is 2.77. The van der Waals surface area contributed by atoms with Crippen LogP contribution in [0.3, 0.4) is 0 Å². The molecule has 1 aromatic heterocycles. The third kappa shape index (κ3) is 3.11. The van der Waals surface area contributed by atoms with Crippen molar-refractivity contribution in [2.45, 2.75) is 20.4 Å². The first-order chi connectivity index (χ1) is 9.93. The van der Waals surface area contributed by atoms with Crippen LogP contribution in [0.5, 0.6) is 0 Å². The average molecular weight is 305 g/mol. The molecule has 0 fully saturated rings. The van der Waals surface area contributed by atoms with Crippen molar-refractivity contribution in [3.05, 3.63) is 51.4 Å². The van der Waals surface area contributed by atoms with Gasteiger partial charge in [0.05, 0.1) is 5.69 Å². The molecule has 0 bridgehead atoms. The van der Waals surface area contributed by atoms with Gasteiger partial charge in [-0.3, -0.25) is 0 Å². The number of aromatic nitrogens is 2. The molecule has 0 atom stereocenters. The zero-order chi connectivity index (χ0) is 15.6. The Morgan fingerprint density at radius 1 is 1.33 bits per heavy atom. The monoisotopic (exact) mass is 304 g/mol. The van der Waals surface area contributed by atoms with Crippen LogP contribution >= 0.6 is 11.6 Å². The fourth-order valence-electron chi connectivity index (χ4n) is 1.98. The lowest BCUT2D eigenvalue weighted by Gasteiger charge is -2.20. The molecule has 6 heteroatoms. The topological polar surface area (TPSA) is 52.8 Å². The second kappa shape index (κ2) is 6.06. The van der Waals surface area contributed by atoms with Gasteiger partial charge in [-0.1, -0.05) is 17.7 Å². The van der Waals surface area contributed by atoms with Crippen molar-refractivity contribution in [3.8, 4) is 6.07 Å². The molecule has 0 amide bonds. The van der Waals surface area contributed by atoms with Gasteiger partial charge in [0.1, 0.15) is 17.4 Å². The van der Waals surface area contributed by atoms with Crippen molar-refractivity contribution in [3.63, 3.8) is 0 Å². The number of halogens is 2. The smallest absolute Gasteiger partial charge is 0.169 e. The van der Waals surface area contributed by atoms with E-state index >= 15 is 0 Å². The van der Waals surface area contributed by atoms with Crippen molar-refractivity contribution >= 4 is 17.4 Å². The van der Waals surface area contributed by atoms with Crippen molar-refractivity contribution in [1.29, 1.82) is 5.26 Å². The zero-order valence-corrected chi connectivity index (χ0v) is 12.7. The molecule has 4 nitrogen and oxygen atoms in total. The fourth-order valence-corrected chi connectivity index (χ4v) is 2.20. The summed E-state index contributed by atoms with van der Waals surface area (Å²) in [6, 6.07) is 6.40. The van der Waals surface area contributed by atoms with Crippen molar-refractivity contribution in [1.82, 2.24) is 10.2 Å². The van der Waals surface area contributed by atoms with E-state index in [4.69, 9.17) is 11.6 Å². The molecule has 0 aliphatic rings. The van der Waals surface area contributed by atoms with E-state index < -0.39 is 0 Å². The van der Waals surface area contributed by atoms with Crippen LogP contribution in [0.1, 0.15) is 22.4 Å². The highest BCUT2D eigenvalue weighted by atomic mass is 35.5. The summed E-state index contributed by atoms with van der Waals surface area (Å²) in [5.74, 6) is 0.107. The van der Waals surface area contributed by atoms with Crippen LogP contribution in [0.25, 0.3) is 0 Å². The first-order valence-electron chi connectivity index (χ1n) is 6.33. The second-order valence-electron chi connectivity index (χ2n) is 4.81. The summed E-state index contributed by atoms with van der Waals surface area (Å²) < 4.78 is 13.1. The number of hydrogen-bond acceptors (Lipinski definition) is 4. The lowest BCUT2D eigenvalue weighted by molar-refractivity contribution is 0.627. The van der Waals surface area contributed by atoms with Gasteiger partial charge in [0.2, 0.25) is 0 Å². The Hall–Kier alpha value is -2.19. The van der Waals surface area contributed by atoms with E-state index in [9.17, 15) is 9.65 Å². The van der Waals surface area contributed by atoms with Crippen LogP contribution in [-0.2, 0) is 6.54 Å². The molecule has 108 valence electrons. The molecule has 0 saturated carbocycles. The third-order valence-electron chi connectivity index (χ3n) is 3.33. The molecule has 0 saturated heterocycles. The van der Waals surface area contributed by atoms with Gasteiger partial charge in [0, 0.05) is 18.6 Å². The predicted octanol–water partition coefficient (Wildman–Crippen LogP) is 3.39. The molecule has 21 heavy (non-hydrogen) atoms. The van der Waals surface area contributed by atoms with Crippen LogP contribution in [0.15, 0.2) is 18.2 Å². The molecule has 0 unspecified atom stereocenters. The van der Waals surface area contributed by atoms with Crippen LogP contribution < -0.4 is 4.90 Å². The lowest BCUT2D eigenvalue weighted by Crippen LogP contribution is -2.20. The number of hydrogen-bond donors (Lipinski definition) is 0. The maximum atomic E-state index is 13.1. The van der Waals surface area contributed by atoms with Crippen LogP contribution in [0.2, 0.25) is 5.02 Å². The number of rotatable bonds is 3. The first kappa shape index (κ1) is 15.2. The van der Waals surface area contributed by atoms with Gasteiger partial charge >= 0.3 is 0 Å². The summed E-state index contributed by atoms with van der Waals surface area (Å²) in [6.07, 6.45) is 0. The van der Waals surface area contributed by atoms with Gasteiger partial charge in [-0.25, -0.2) is 4.39 Å². The van der Waals surface area contributed by atoms with E-state index in [1.807, 2.05) is 13.8 Å². The van der Waals surface area contributed by atoms with E-state index in [0.29, 0.717) is 22.9 Å². The highest BCUT2D eigenvalue weighted by Crippen LogP contribution is 2.24. The number of benzene rings is 1. The minimum absolute atomic E-state index is 0.345. The van der Waals surface area contributed by atoms with Crippen molar-refractivity contribution < 1.29 is 4.39 Å². The fraction of sp³-hybridized carbons (Fsp3) is 0.267. The van der Waals surface area contributed by atoms with Gasteiger partial charge in [-0.15, -0.1) is 5.10 Å². The van der Waals surface area contributed by atoms with Crippen molar-refractivity contribution in [2.75, 3.05) is 11.9 Å². The van der Waals surface area contributed by atoms with Crippen LogP contribution in [-0.4, -0.2) is 17.2 Å². The van der Waals surface area contributed by atoms with E-state index in [1.54, 1.807) is 18.0 Å². The van der Waals surface area contributed by atoms with Gasteiger partial charge in [0.15, 0.2) is 5.82 Å². The second-order valence-corrected chi connectivity index (χ2v) is 5.22. The Morgan fingerprint density at radius 3 is 2.67 bits per heavy atom. The highest BCUT2D eigenvalue weighted by molar-refractivity contribution is 6.31. The van der Waals surface area contributed by atoms with Gasteiger partial charge in [0.25, 0.3) is 0 Å². The molecule has 0 aliphatic carbocycles. The Morgan fingerprint density at radius 2 is 2.05 bits per heavy atom. The van der Waals surface area contributed by atoms with E-state index in [1.165, 1.54) is 12.1 Å². The maximum absolute atomic E-state index is 13.1. The van der Waals surface area contributed by atoms with Gasteiger partial charge in [-0.2, -0.15) is 10.4 Å². The third-order valence-corrected chi connectivity index (χ3v) is 3.68. The Balaban J connectivity index is 2.35. The molecular weight excluding hydrogens is 291 g/mol. The Bertz CT molecular complexity index is 724. The minimum Gasteiger partial charge on any atom is -0.353 e. The molecule has 2 aromatic rings. The summed E-state index contributed by atoms with van der Waals surface area (Å²) in [7, 11) is 1.79. The van der Waals surface area contributed by atoms with Crippen LogP contribution in [0.4, 0.5) is 10.2 Å². The maximum Gasteiger partial charge on any atom is 0.169 e. The normalized spacial score (nSPS) is 10.3. The van der Waals surface area contributed by atoms with Crippen molar-refractivity contribution in [2.24, 2.45) is 0 Å². The minimum atomic E-state index is -0.380. The molecule has 0 aliphatic heterocycles. The summed E-state index contributed by atoms with van der Waals surface area (Å²) in [4.78, 5) is 1.77. The van der Waals surface area contributed by atoms with Crippen LogP contribution in [0, 0.1) is 31.0 Å². The van der Waals surface area contributed by atoms with E-state index in [0.717, 1.165) is 16.8 Å². The summed E-state index contributed by atoms with van der Waals surface area (Å²) in [6.45, 7) is 4.06. The zero-order valence-electron chi connectivity index (χ0n) is 12.0. The number of anilines is 1. The number of aryl methyl sites for hydroxylation is 1. The molecular formula is C15H14ClFN4. The van der Waals surface area contributed by atoms with Gasteiger partial charge in [-0.05, 0) is 37.1 Å². The Labute approximate surface area is 127 Å². The molecule has 0 N–H and O–H groups in total. The Kier molecular flexibility index (Phi) is 4.39. The lowest BCUT2D eigenvalue weighted by atomic mass is 10.1. The number of nitrogens with zero attached hydrogens (tertiary/aromatic N) is 4. The molecule has 0 spiro atoms. The quantitative estimate of drug-likeness (QED) is 0.872. The van der Waals surface area contributed by atoms with E-state index in [2.05, 4.69) is 16.3 Å². The van der Waals surface area contributed by atoms with Gasteiger partial charge < -0.3 is 4.90 Å². The highest BCUT2D eigenvalue weighted by Gasteiger charge is 2.15. The molecule has 1 aromatic carbocycles. The first-order valence-corrected chi connectivity index (χ1v) is 6.71. The van der Waals surface area contributed by atoms with E-state index in [-0.39, 0.29) is 5.82 Å². The summed E-state index contributed by atoms with van der Waals surface area (Å²) >= 11 is 6.02. The average Bonchev–Trinajstić information content (AvgIpc) is 2.44. The SMILES string of the molecule is Cc1nnc(N(C)Cc2ccc(F)cc2Cl)c(C#N)c1C.